The average molecular weight is 364 g/mol. The summed E-state index contributed by atoms with van der Waals surface area (Å²) in [5.74, 6) is 3.01. The number of aromatic nitrogens is 2. The lowest BCUT2D eigenvalue weighted by Crippen LogP contribution is -2.07. The molecule has 6 nitrogen and oxygen atoms in total. The van der Waals surface area contributed by atoms with Crippen LogP contribution in [0.25, 0.3) is 0 Å². The fraction of sp³-hybridized carbons (Fsp3) is 0.238. The second kappa shape index (κ2) is 8.89. The Morgan fingerprint density at radius 2 is 1.67 bits per heavy atom. The second-order valence-corrected chi connectivity index (χ2v) is 6.09. The van der Waals surface area contributed by atoms with E-state index in [2.05, 4.69) is 33.6 Å². The molecule has 0 radical (unpaired) electrons. The number of benzene rings is 2. The van der Waals surface area contributed by atoms with E-state index in [0.29, 0.717) is 0 Å². The minimum absolute atomic E-state index is 0.733. The van der Waals surface area contributed by atoms with Gasteiger partial charge in [-0.2, -0.15) is 0 Å². The molecule has 0 aliphatic carbocycles. The van der Waals surface area contributed by atoms with E-state index in [1.807, 2.05) is 42.5 Å². The van der Waals surface area contributed by atoms with Crippen LogP contribution in [0.5, 0.6) is 11.5 Å². The molecule has 0 saturated heterocycles. The molecule has 3 aromatic rings. The van der Waals surface area contributed by atoms with E-state index in [0.717, 1.165) is 47.4 Å². The number of rotatable bonds is 8. The lowest BCUT2D eigenvalue weighted by molar-refractivity contribution is 0.354. The number of para-hydroxylation sites is 1. The van der Waals surface area contributed by atoms with Gasteiger partial charge in [0, 0.05) is 18.3 Å². The van der Waals surface area contributed by atoms with Gasteiger partial charge in [-0.15, -0.1) is 0 Å². The van der Waals surface area contributed by atoms with Crippen molar-refractivity contribution in [1.82, 2.24) is 9.97 Å². The van der Waals surface area contributed by atoms with Crippen molar-refractivity contribution in [3.05, 3.63) is 66.0 Å². The monoisotopic (exact) mass is 364 g/mol. The van der Waals surface area contributed by atoms with Gasteiger partial charge in [0.05, 0.1) is 14.2 Å². The Morgan fingerprint density at radius 3 is 2.44 bits per heavy atom. The first-order valence-corrected chi connectivity index (χ1v) is 8.79. The lowest BCUT2D eigenvalue weighted by Gasteiger charge is -2.11. The van der Waals surface area contributed by atoms with Gasteiger partial charge in [-0.3, -0.25) is 0 Å². The van der Waals surface area contributed by atoms with Crippen molar-refractivity contribution in [2.45, 2.75) is 13.3 Å². The summed E-state index contributed by atoms with van der Waals surface area (Å²) in [6.07, 6.45) is 2.39. The zero-order valence-corrected chi connectivity index (χ0v) is 15.8. The van der Waals surface area contributed by atoms with E-state index < -0.39 is 0 Å². The van der Waals surface area contributed by atoms with Gasteiger partial charge >= 0.3 is 0 Å². The van der Waals surface area contributed by atoms with Crippen molar-refractivity contribution in [1.29, 1.82) is 0 Å². The zero-order valence-electron chi connectivity index (χ0n) is 15.8. The summed E-state index contributed by atoms with van der Waals surface area (Å²) in [4.78, 5) is 8.58. The van der Waals surface area contributed by atoms with Gasteiger partial charge < -0.3 is 20.1 Å². The molecule has 0 aliphatic rings. The number of nitrogens with zero attached hydrogens (tertiary/aromatic N) is 2. The maximum Gasteiger partial charge on any atom is 0.160 e. The van der Waals surface area contributed by atoms with Crippen LogP contribution in [-0.4, -0.2) is 30.7 Å². The van der Waals surface area contributed by atoms with E-state index >= 15 is 0 Å². The maximum absolute atomic E-state index is 5.35. The van der Waals surface area contributed by atoms with Crippen molar-refractivity contribution < 1.29 is 9.47 Å². The first-order valence-electron chi connectivity index (χ1n) is 8.79. The van der Waals surface area contributed by atoms with Crippen LogP contribution in [0.15, 0.2) is 54.9 Å². The normalized spacial score (nSPS) is 10.3. The summed E-state index contributed by atoms with van der Waals surface area (Å²) in [5, 5.41) is 6.66. The molecule has 3 rings (SSSR count). The van der Waals surface area contributed by atoms with Crippen LogP contribution in [0.4, 0.5) is 17.3 Å². The molecule has 0 bridgehead atoms. The number of hydrogen-bond donors (Lipinski definition) is 2. The molecule has 0 spiro atoms. The lowest BCUT2D eigenvalue weighted by atomic mass is 10.1. The summed E-state index contributed by atoms with van der Waals surface area (Å²) in [5.41, 5.74) is 3.36. The van der Waals surface area contributed by atoms with Crippen molar-refractivity contribution in [3.63, 3.8) is 0 Å². The first kappa shape index (κ1) is 18.5. The number of hydrogen-bond acceptors (Lipinski definition) is 6. The Labute approximate surface area is 159 Å². The highest BCUT2D eigenvalue weighted by molar-refractivity contribution is 5.62. The molecule has 0 amide bonds. The van der Waals surface area contributed by atoms with Crippen molar-refractivity contribution in [2.75, 3.05) is 31.4 Å². The quantitative estimate of drug-likeness (QED) is 0.624. The number of anilines is 3. The molecular formula is C21H24N4O2. The third-order valence-corrected chi connectivity index (χ3v) is 4.24. The number of aryl methyl sites for hydroxylation is 1. The van der Waals surface area contributed by atoms with E-state index in [-0.39, 0.29) is 0 Å². The Morgan fingerprint density at radius 1 is 0.889 bits per heavy atom. The van der Waals surface area contributed by atoms with Crippen LogP contribution >= 0.6 is 0 Å². The summed E-state index contributed by atoms with van der Waals surface area (Å²) in [7, 11) is 3.28. The highest BCUT2D eigenvalue weighted by Gasteiger charge is 2.05. The fourth-order valence-electron chi connectivity index (χ4n) is 2.74. The van der Waals surface area contributed by atoms with Gasteiger partial charge in [0.25, 0.3) is 0 Å². The molecule has 1 aromatic heterocycles. The van der Waals surface area contributed by atoms with Crippen LogP contribution in [0.2, 0.25) is 0 Å². The van der Waals surface area contributed by atoms with Crippen molar-refractivity contribution in [2.24, 2.45) is 0 Å². The molecule has 0 atom stereocenters. The Hall–Kier alpha value is -3.28. The van der Waals surface area contributed by atoms with E-state index in [9.17, 15) is 0 Å². The average Bonchev–Trinajstić information content (AvgIpc) is 2.70. The molecular weight excluding hydrogens is 340 g/mol. The molecule has 2 aromatic carbocycles. The molecule has 1 heterocycles. The molecule has 140 valence electrons. The molecule has 2 N–H and O–H groups in total. The summed E-state index contributed by atoms with van der Waals surface area (Å²) >= 11 is 0. The smallest absolute Gasteiger partial charge is 0.160 e. The predicted molar refractivity (Wildman–Crippen MR) is 108 cm³/mol. The summed E-state index contributed by atoms with van der Waals surface area (Å²) in [6.45, 7) is 2.81. The Balaban J connectivity index is 1.60. The van der Waals surface area contributed by atoms with Crippen molar-refractivity contribution >= 4 is 17.3 Å². The maximum atomic E-state index is 5.35. The zero-order chi connectivity index (χ0) is 19.1. The first-order chi connectivity index (χ1) is 13.2. The second-order valence-electron chi connectivity index (χ2n) is 6.09. The molecule has 27 heavy (non-hydrogen) atoms. The highest BCUT2D eigenvalue weighted by Crippen LogP contribution is 2.27. The third kappa shape index (κ3) is 4.88. The number of methoxy groups -OCH3 is 2. The number of nitrogens with one attached hydrogen (secondary N) is 2. The van der Waals surface area contributed by atoms with Crippen LogP contribution in [0, 0.1) is 6.92 Å². The number of ether oxygens (including phenoxy) is 2. The van der Waals surface area contributed by atoms with Gasteiger partial charge in [0.15, 0.2) is 11.5 Å². The SMILES string of the molecule is COc1ccc(CCNc2cc(Nc3ccccc3C)ncn2)cc1OC. The molecule has 0 saturated carbocycles. The minimum atomic E-state index is 0.733. The van der Waals surface area contributed by atoms with Gasteiger partial charge in [-0.05, 0) is 42.7 Å². The van der Waals surface area contributed by atoms with Gasteiger partial charge in [0.1, 0.15) is 18.0 Å². The van der Waals surface area contributed by atoms with Crippen LogP contribution in [0.3, 0.4) is 0 Å². The molecule has 0 unspecified atom stereocenters. The van der Waals surface area contributed by atoms with E-state index in [4.69, 9.17) is 9.47 Å². The van der Waals surface area contributed by atoms with Crippen molar-refractivity contribution in [3.8, 4) is 11.5 Å². The van der Waals surface area contributed by atoms with Crippen LogP contribution in [0.1, 0.15) is 11.1 Å². The summed E-state index contributed by atoms with van der Waals surface area (Å²) in [6, 6.07) is 16.0. The Bertz CT molecular complexity index is 899. The largest absolute Gasteiger partial charge is 0.493 e. The van der Waals surface area contributed by atoms with Gasteiger partial charge in [0.2, 0.25) is 0 Å². The van der Waals surface area contributed by atoms with E-state index in [1.54, 1.807) is 20.5 Å². The third-order valence-electron chi connectivity index (χ3n) is 4.24. The molecule has 0 fully saturated rings. The standard InChI is InChI=1S/C21H24N4O2/c1-15-6-4-5-7-17(15)25-21-13-20(23-14-24-21)22-11-10-16-8-9-18(26-2)19(12-16)27-3/h4-9,12-14H,10-11H2,1-3H3,(H2,22,23,24,25). The van der Waals surface area contributed by atoms with Gasteiger partial charge in [-0.1, -0.05) is 24.3 Å². The van der Waals surface area contributed by atoms with Crippen LogP contribution < -0.4 is 20.1 Å². The topological polar surface area (TPSA) is 68.3 Å². The highest BCUT2D eigenvalue weighted by atomic mass is 16.5. The van der Waals surface area contributed by atoms with Gasteiger partial charge in [-0.25, -0.2) is 9.97 Å². The Kier molecular flexibility index (Phi) is 6.10. The fourth-order valence-corrected chi connectivity index (χ4v) is 2.74. The minimum Gasteiger partial charge on any atom is -0.493 e. The predicted octanol–water partition coefficient (Wildman–Crippen LogP) is 4.20. The van der Waals surface area contributed by atoms with Crippen LogP contribution in [-0.2, 0) is 6.42 Å². The van der Waals surface area contributed by atoms with E-state index in [1.165, 1.54) is 5.56 Å². The molecule has 6 heteroatoms. The summed E-state index contributed by atoms with van der Waals surface area (Å²) < 4.78 is 10.6. The molecule has 0 aliphatic heterocycles.